The highest BCUT2D eigenvalue weighted by molar-refractivity contribution is 7.98. The fourth-order valence-corrected chi connectivity index (χ4v) is 3.04. The minimum atomic E-state index is -0.254. The van der Waals surface area contributed by atoms with Crippen molar-refractivity contribution < 1.29 is 18.7 Å². The summed E-state index contributed by atoms with van der Waals surface area (Å²) in [7, 11) is 3.02. The van der Waals surface area contributed by atoms with Crippen molar-refractivity contribution in [1.82, 2.24) is 5.32 Å². The molecular weight excluding hydrogens is 329 g/mol. The van der Waals surface area contributed by atoms with E-state index in [2.05, 4.69) is 5.32 Å². The molecule has 1 amide bonds. The maximum Gasteiger partial charge on any atom is 0.258 e. The van der Waals surface area contributed by atoms with Gasteiger partial charge in [0, 0.05) is 18.1 Å². The molecule has 2 aromatic carbocycles. The van der Waals surface area contributed by atoms with Crippen LogP contribution in [-0.4, -0.2) is 32.4 Å². The molecule has 0 radical (unpaired) electrons. The van der Waals surface area contributed by atoms with Gasteiger partial charge >= 0.3 is 0 Å². The molecule has 0 bridgehead atoms. The highest BCUT2D eigenvalue weighted by atomic mass is 32.2. The van der Waals surface area contributed by atoms with Crippen LogP contribution >= 0.6 is 11.8 Å². The Morgan fingerprint density at radius 3 is 2.38 bits per heavy atom. The van der Waals surface area contributed by atoms with Crippen LogP contribution in [0.1, 0.15) is 15.9 Å². The number of thioether (sulfide) groups is 1. The second kappa shape index (κ2) is 9.17. The Morgan fingerprint density at radius 2 is 1.75 bits per heavy atom. The van der Waals surface area contributed by atoms with Crippen LogP contribution < -0.4 is 14.8 Å². The lowest BCUT2D eigenvalue weighted by Crippen LogP contribution is -2.26. The van der Waals surface area contributed by atoms with Crippen molar-refractivity contribution in [2.45, 2.75) is 5.75 Å². The van der Waals surface area contributed by atoms with Crippen molar-refractivity contribution in [3.05, 3.63) is 59.4 Å². The average molecular weight is 349 g/mol. The van der Waals surface area contributed by atoms with Gasteiger partial charge in [-0.05, 0) is 23.8 Å². The Bertz CT molecular complexity index is 671. The molecule has 0 atom stereocenters. The summed E-state index contributed by atoms with van der Waals surface area (Å²) >= 11 is 1.56. The molecular formula is C18H20FNO3S. The maximum atomic E-state index is 13.5. The maximum absolute atomic E-state index is 13.5. The Labute approximate surface area is 145 Å². The predicted molar refractivity (Wildman–Crippen MR) is 94.4 cm³/mol. The third-order valence-corrected chi connectivity index (χ3v) is 4.41. The second-order valence-corrected chi connectivity index (χ2v) is 6.04. The summed E-state index contributed by atoms with van der Waals surface area (Å²) in [6, 6.07) is 11.9. The van der Waals surface area contributed by atoms with E-state index in [4.69, 9.17) is 9.47 Å². The van der Waals surface area contributed by atoms with Crippen LogP contribution in [0.15, 0.2) is 42.5 Å². The third kappa shape index (κ3) is 4.64. The molecule has 0 fully saturated rings. The number of rotatable bonds is 8. The second-order valence-electron chi connectivity index (χ2n) is 4.94. The van der Waals surface area contributed by atoms with Crippen molar-refractivity contribution in [3.63, 3.8) is 0 Å². The molecule has 0 aliphatic heterocycles. The monoisotopic (exact) mass is 349 g/mol. The van der Waals surface area contributed by atoms with Crippen molar-refractivity contribution in [1.29, 1.82) is 0 Å². The third-order valence-electron chi connectivity index (χ3n) is 3.40. The lowest BCUT2D eigenvalue weighted by molar-refractivity contribution is 0.0950. The van der Waals surface area contributed by atoms with Crippen molar-refractivity contribution in [3.8, 4) is 11.5 Å². The van der Waals surface area contributed by atoms with Crippen molar-refractivity contribution >= 4 is 17.7 Å². The quantitative estimate of drug-likeness (QED) is 0.741. The van der Waals surface area contributed by atoms with Crippen LogP contribution in [0, 0.1) is 5.82 Å². The molecule has 0 aliphatic rings. The first kappa shape index (κ1) is 18.1. The zero-order chi connectivity index (χ0) is 17.4. The molecule has 0 heterocycles. The minimum absolute atomic E-state index is 0.201. The average Bonchev–Trinajstić information content (AvgIpc) is 2.61. The number of benzene rings is 2. The minimum Gasteiger partial charge on any atom is -0.496 e. The van der Waals surface area contributed by atoms with Crippen LogP contribution in [-0.2, 0) is 5.75 Å². The lowest BCUT2D eigenvalue weighted by atomic mass is 10.1. The van der Waals surface area contributed by atoms with Crippen LogP contribution in [0.5, 0.6) is 11.5 Å². The van der Waals surface area contributed by atoms with Gasteiger partial charge in [-0.1, -0.05) is 24.3 Å². The first-order valence-electron chi connectivity index (χ1n) is 7.47. The van der Waals surface area contributed by atoms with Crippen molar-refractivity contribution in [2.24, 2.45) is 0 Å². The SMILES string of the molecule is COc1cccc(OC)c1C(=O)NCCSCc1ccccc1F. The molecule has 2 aromatic rings. The highest BCUT2D eigenvalue weighted by Crippen LogP contribution is 2.27. The number of hydrogen-bond donors (Lipinski definition) is 1. The van der Waals surface area contributed by atoms with Gasteiger partial charge < -0.3 is 14.8 Å². The van der Waals surface area contributed by atoms with Crippen LogP contribution in [0.2, 0.25) is 0 Å². The van der Waals surface area contributed by atoms with E-state index < -0.39 is 0 Å². The van der Waals surface area contributed by atoms with Gasteiger partial charge in [-0.3, -0.25) is 4.79 Å². The predicted octanol–water partition coefficient (Wildman–Crippen LogP) is 3.51. The summed E-state index contributed by atoms with van der Waals surface area (Å²) in [5.41, 5.74) is 1.04. The van der Waals surface area contributed by atoms with Crippen LogP contribution in [0.3, 0.4) is 0 Å². The molecule has 2 rings (SSSR count). The van der Waals surface area contributed by atoms with Gasteiger partial charge in [0.15, 0.2) is 0 Å². The summed E-state index contributed by atoms with van der Waals surface area (Å²) < 4.78 is 23.9. The number of ether oxygens (including phenoxy) is 2. The number of halogens is 1. The van der Waals surface area contributed by atoms with Gasteiger partial charge in [0.2, 0.25) is 0 Å². The Hall–Kier alpha value is -2.21. The van der Waals surface area contributed by atoms with E-state index in [9.17, 15) is 9.18 Å². The van der Waals surface area contributed by atoms with E-state index >= 15 is 0 Å². The van der Waals surface area contributed by atoms with Gasteiger partial charge in [-0.2, -0.15) is 11.8 Å². The van der Waals surface area contributed by atoms with Gasteiger partial charge in [0.05, 0.1) is 14.2 Å². The van der Waals surface area contributed by atoms with Crippen molar-refractivity contribution in [2.75, 3.05) is 26.5 Å². The first-order valence-corrected chi connectivity index (χ1v) is 8.63. The zero-order valence-electron chi connectivity index (χ0n) is 13.7. The fourth-order valence-electron chi connectivity index (χ4n) is 2.20. The van der Waals surface area contributed by atoms with E-state index in [1.807, 2.05) is 6.07 Å². The van der Waals surface area contributed by atoms with E-state index in [0.29, 0.717) is 40.7 Å². The Morgan fingerprint density at radius 1 is 1.08 bits per heavy atom. The summed E-state index contributed by atoms with van der Waals surface area (Å²) in [6.07, 6.45) is 0. The standard InChI is InChI=1S/C18H20FNO3S/c1-22-15-8-5-9-16(23-2)17(15)18(21)20-10-11-24-12-13-6-3-4-7-14(13)19/h3-9H,10-12H2,1-2H3,(H,20,21). The zero-order valence-corrected chi connectivity index (χ0v) is 14.5. The molecule has 128 valence electrons. The van der Waals surface area contributed by atoms with Gasteiger partial charge in [0.25, 0.3) is 5.91 Å². The summed E-state index contributed by atoms with van der Waals surface area (Å²) in [4.78, 5) is 12.4. The molecule has 0 aliphatic carbocycles. The molecule has 0 unspecified atom stereocenters. The van der Waals surface area contributed by atoms with Gasteiger partial charge in [-0.25, -0.2) is 4.39 Å². The number of nitrogens with one attached hydrogen (secondary N) is 1. The first-order chi connectivity index (χ1) is 11.7. The molecule has 1 N–H and O–H groups in total. The number of methoxy groups -OCH3 is 2. The number of carbonyl (C=O) groups excluding carboxylic acids is 1. The molecule has 0 saturated carbocycles. The number of hydrogen-bond acceptors (Lipinski definition) is 4. The fraction of sp³-hybridized carbons (Fsp3) is 0.278. The van der Waals surface area contributed by atoms with E-state index in [1.165, 1.54) is 20.3 Å². The summed E-state index contributed by atoms with van der Waals surface area (Å²) in [5.74, 6) is 1.72. The molecule has 0 spiro atoms. The Balaban J connectivity index is 1.85. The van der Waals surface area contributed by atoms with Crippen LogP contribution in [0.25, 0.3) is 0 Å². The molecule has 4 nitrogen and oxygen atoms in total. The van der Waals surface area contributed by atoms with Crippen LogP contribution in [0.4, 0.5) is 4.39 Å². The smallest absolute Gasteiger partial charge is 0.258 e. The van der Waals surface area contributed by atoms with E-state index in [0.717, 1.165) is 0 Å². The molecule has 0 aromatic heterocycles. The highest BCUT2D eigenvalue weighted by Gasteiger charge is 2.17. The summed E-state index contributed by atoms with van der Waals surface area (Å²) in [5, 5.41) is 2.84. The summed E-state index contributed by atoms with van der Waals surface area (Å²) in [6.45, 7) is 0.471. The largest absolute Gasteiger partial charge is 0.496 e. The lowest BCUT2D eigenvalue weighted by Gasteiger charge is -2.13. The topological polar surface area (TPSA) is 47.6 Å². The number of amides is 1. The van der Waals surface area contributed by atoms with E-state index in [-0.39, 0.29) is 11.7 Å². The number of carbonyl (C=O) groups is 1. The molecule has 24 heavy (non-hydrogen) atoms. The molecule has 0 saturated heterocycles. The van der Waals surface area contributed by atoms with E-state index in [1.54, 1.807) is 42.1 Å². The molecule has 6 heteroatoms. The normalized spacial score (nSPS) is 10.3. The van der Waals surface area contributed by atoms with Gasteiger partial charge in [-0.15, -0.1) is 0 Å². The Kier molecular flexibility index (Phi) is 6.93. The van der Waals surface area contributed by atoms with Gasteiger partial charge in [0.1, 0.15) is 22.9 Å².